The molecular formula is C20H25N3O2. The van der Waals surface area contributed by atoms with E-state index in [1.807, 2.05) is 44.2 Å². The minimum atomic E-state index is -0.373. The molecule has 0 aliphatic carbocycles. The van der Waals surface area contributed by atoms with E-state index in [1.54, 1.807) is 24.3 Å². The quantitative estimate of drug-likeness (QED) is 0.776. The molecule has 2 aromatic rings. The van der Waals surface area contributed by atoms with Crippen LogP contribution in [-0.4, -0.2) is 29.8 Å². The van der Waals surface area contributed by atoms with Gasteiger partial charge in [0, 0.05) is 5.69 Å². The SMILES string of the molecule is CCN(CC)[C@@H](C(=O)Nc1ccc(CC(N)=O)cc1)c1ccccc1. The second kappa shape index (κ2) is 8.99. The number of nitrogens with zero attached hydrogens (tertiary/aromatic N) is 1. The lowest BCUT2D eigenvalue weighted by atomic mass is 10.0. The summed E-state index contributed by atoms with van der Waals surface area (Å²) in [6.45, 7) is 5.65. The minimum absolute atomic E-state index is 0.0717. The predicted octanol–water partition coefficient (Wildman–Crippen LogP) is 2.74. The maximum atomic E-state index is 12.9. The molecule has 5 nitrogen and oxygen atoms in total. The van der Waals surface area contributed by atoms with Gasteiger partial charge in [0.25, 0.3) is 0 Å². The van der Waals surface area contributed by atoms with Crippen LogP contribution in [0.5, 0.6) is 0 Å². The number of likely N-dealkylation sites (N-methyl/N-ethyl adjacent to an activating group) is 1. The summed E-state index contributed by atoms with van der Waals surface area (Å²) in [4.78, 5) is 26.0. The lowest BCUT2D eigenvalue weighted by Gasteiger charge is -2.29. The summed E-state index contributed by atoms with van der Waals surface area (Å²) in [6.07, 6.45) is 0.195. The van der Waals surface area contributed by atoms with Crippen LogP contribution in [0.2, 0.25) is 0 Å². The van der Waals surface area contributed by atoms with Crippen molar-refractivity contribution in [3.05, 3.63) is 65.7 Å². The molecule has 0 aromatic heterocycles. The zero-order valence-electron chi connectivity index (χ0n) is 14.7. The molecule has 2 amide bonds. The van der Waals surface area contributed by atoms with E-state index in [9.17, 15) is 9.59 Å². The van der Waals surface area contributed by atoms with Gasteiger partial charge >= 0.3 is 0 Å². The van der Waals surface area contributed by atoms with Gasteiger partial charge in [-0.25, -0.2) is 0 Å². The number of nitrogens with two attached hydrogens (primary N) is 1. The van der Waals surface area contributed by atoms with Gasteiger partial charge < -0.3 is 11.1 Å². The summed E-state index contributed by atoms with van der Waals surface area (Å²) in [7, 11) is 0. The van der Waals surface area contributed by atoms with Crippen LogP contribution >= 0.6 is 0 Å². The monoisotopic (exact) mass is 339 g/mol. The molecule has 0 radical (unpaired) electrons. The highest BCUT2D eigenvalue weighted by Crippen LogP contribution is 2.22. The van der Waals surface area contributed by atoms with E-state index in [0.29, 0.717) is 5.69 Å². The fraction of sp³-hybridized carbons (Fsp3) is 0.300. The Bertz CT molecular complexity index is 695. The van der Waals surface area contributed by atoms with E-state index in [1.165, 1.54) is 0 Å². The minimum Gasteiger partial charge on any atom is -0.369 e. The number of benzene rings is 2. The van der Waals surface area contributed by atoms with E-state index >= 15 is 0 Å². The average molecular weight is 339 g/mol. The van der Waals surface area contributed by atoms with E-state index in [0.717, 1.165) is 24.2 Å². The van der Waals surface area contributed by atoms with Crippen molar-refractivity contribution in [3.8, 4) is 0 Å². The van der Waals surface area contributed by atoms with Gasteiger partial charge in [0.2, 0.25) is 11.8 Å². The van der Waals surface area contributed by atoms with Gasteiger partial charge in [-0.1, -0.05) is 56.3 Å². The second-order valence-electron chi connectivity index (χ2n) is 5.86. The molecule has 0 aliphatic heterocycles. The van der Waals surface area contributed by atoms with Crippen molar-refractivity contribution < 1.29 is 9.59 Å². The van der Waals surface area contributed by atoms with Crippen molar-refractivity contribution in [1.82, 2.24) is 4.90 Å². The molecule has 0 saturated carbocycles. The van der Waals surface area contributed by atoms with Gasteiger partial charge in [0.15, 0.2) is 0 Å². The summed E-state index contributed by atoms with van der Waals surface area (Å²) < 4.78 is 0. The summed E-state index contributed by atoms with van der Waals surface area (Å²) in [5.74, 6) is -0.444. The van der Waals surface area contributed by atoms with Gasteiger partial charge in [0.05, 0.1) is 6.42 Å². The van der Waals surface area contributed by atoms with Crippen molar-refractivity contribution in [2.45, 2.75) is 26.3 Å². The molecule has 0 spiro atoms. The Morgan fingerprint density at radius 1 is 1.00 bits per heavy atom. The molecule has 0 aliphatic rings. The summed E-state index contributed by atoms with van der Waals surface area (Å²) in [5.41, 5.74) is 7.69. The Kier molecular flexibility index (Phi) is 6.71. The topological polar surface area (TPSA) is 75.4 Å². The predicted molar refractivity (Wildman–Crippen MR) is 100 cm³/mol. The Morgan fingerprint density at radius 3 is 2.12 bits per heavy atom. The highest BCUT2D eigenvalue weighted by atomic mass is 16.2. The van der Waals surface area contributed by atoms with Crippen LogP contribution in [0.1, 0.15) is 31.0 Å². The molecule has 25 heavy (non-hydrogen) atoms. The van der Waals surface area contributed by atoms with Crippen LogP contribution in [0.4, 0.5) is 5.69 Å². The van der Waals surface area contributed by atoms with Crippen LogP contribution in [-0.2, 0) is 16.0 Å². The van der Waals surface area contributed by atoms with Crippen LogP contribution in [0.25, 0.3) is 0 Å². The molecular weight excluding hydrogens is 314 g/mol. The normalized spacial score (nSPS) is 12.0. The van der Waals surface area contributed by atoms with Crippen molar-refractivity contribution in [2.75, 3.05) is 18.4 Å². The molecule has 0 unspecified atom stereocenters. The van der Waals surface area contributed by atoms with E-state index < -0.39 is 0 Å². The van der Waals surface area contributed by atoms with Gasteiger partial charge in [0.1, 0.15) is 6.04 Å². The third-order valence-electron chi connectivity index (χ3n) is 4.14. The Balaban J connectivity index is 2.18. The fourth-order valence-corrected chi connectivity index (χ4v) is 2.87. The van der Waals surface area contributed by atoms with E-state index in [-0.39, 0.29) is 24.3 Å². The maximum Gasteiger partial charge on any atom is 0.246 e. The highest BCUT2D eigenvalue weighted by Gasteiger charge is 2.25. The number of hydrogen-bond acceptors (Lipinski definition) is 3. The number of hydrogen-bond donors (Lipinski definition) is 2. The summed E-state index contributed by atoms with van der Waals surface area (Å²) in [6, 6.07) is 16.6. The van der Waals surface area contributed by atoms with Crippen LogP contribution in [0.3, 0.4) is 0 Å². The largest absolute Gasteiger partial charge is 0.369 e. The van der Waals surface area contributed by atoms with Crippen LogP contribution < -0.4 is 11.1 Å². The highest BCUT2D eigenvalue weighted by molar-refractivity contribution is 5.95. The number of carbonyl (C=O) groups is 2. The molecule has 0 fully saturated rings. The number of carbonyl (C=O) groups excluding carboxylic acids is 2. The van der Waals surface area contributed by atoms with Gasteiger partial charge in [-0.05, 0) is 36.3 Å². The maximum absolute atomic E-state index is 12.9. The standard InChI is InChI=1S/C20H25N3O2/c1-3-23(4-2)19(16-8-6-5-7-9-16)20(25)22-17-12-10-15(11-13-17)14-18(21)24/h5-13,19H,3-4,14H2,1-2H3,(H2,21,24)(H,22,25)/t19-/m1/s1. The van der Waals surface area contributed by atoms with Gasteiger partial charge in [-0.15, -0.1) is 0 Å². The summed E-state index contributed by atoms with van der Waals surface area (Å²) in [5, 5.41) is 2.97. The Labute approximate surface area is 148 Å². The van der Waals surface area contributed by atoms with Crippen molar-refractivity contribution in [3.63, 3.8) is 0 Å². The number of primary amides is 1. The van der Waals surface area contributed by atoms with Crippen molar-refractivity contribution in [1.29, 1.82) is 0 Å². The van der Waals surface area contributed by atoms with E-state index in [2.05, 4.69) is 10.2 Å². The first kappa shape index (κ1) is 18.7. The Hall–Kier alpha value is -2.66. The van der Waals surface area contributed by atoms with Crippen LogP contribution in [0, 0.1) is 0 Å². The number of amides is 2. The lowest BCUT2D eigenvalue weighted by Crippen LogP contribution is -2.37. The molecule has 0 saturated heterocycles. The molecule has 5 heteroatoms. The molecule has 0 bridgehead atoms. The first-order chi connectivity index (χ1) is 12.0. The molecule has 2 rings (SSSR count). The zero-order chi connectivity index (χ0) is 18.2. The first-order valence-electron chi connectivity index (χ1n) is 8.52. The third-order valence-corrected chi connectivity index (χ3v) is 4.14. The van der Waals surface area contributed by atoms with Crippen molar-refractivity contribution in [2.24, 2.45) is 5.73 Å². The molecule has 0 heterocycles. The third kappa shape index (κ3) is 5.16. The van der Waals surface area contributed by atoms with Gasteiger partial charge in [-0.2, -0.15) is 0 Å². The second-order valence-corrected chi connectivity index (χ2v) is 5.86. The smallest absolute Gasteiger partial charge is 0.246 e. The number of anilines is 1. The number of nitrogens with one attached hydrogen (secondary N) is 1. The molecule has 1 atom stereocenters. The molecule has 2 aromatic carbocycles. The van der Waals surface area contributed by atoms with Gasteiger partial charge in [-0.3, -0.25) is 14.5 Å². The zero-order valence-corrected chi connectivity index (χ0v) is 14.7. The summed E-state index contributed by atoms with van der Waals surface area (Å²) >= 11 is 0. The fourth-order valence-electron chi connectivity index (χ4n) is 2.87. The number of rotatable bonds is 8. The molecule has 3 N–H and O–H groups in total. The van der Waals surface area contributed by atoms with Crippen LogP contribution in [0.15, 0.2) is 54.6 Å². The lowest BCUT2D eigenvalue weighted by molar-refractivity contribution is -0.121. The average Bonchev–Trinajstić information content (AvgIpc) is 2.61. The Morgan fingerprint density at radius 2 is 1.60 bits per heavy atom. The first-order valence-corrected chi connectivity index (χ1v) is 8.52. The van der Waals surface area contributed by atoms with E-state index in [4.69, 9.17) is 5.73 Å². The molecule has 132 valence electrons. The van der Waals surface area contributed by atoms with Crippen molar-refractivity contribution >= 4 is 17.5 Å².